The highest BCUT2D eigenvalue weighted by Gasteiger charge is 2.16. The summed E-state index contributed by atoms with van der Waals surface area (Å²) in [5, 5.41) is 4.43. The fourth-order valence-corrected chi connectivity index (χ4v) is 2.42. The van der Waals surface area contributed by atoms with E-state index in [1.807, 2.05) is 18.4 Å². The molecule has 1 aliphatic rings. The average molecular weight is 231 g/mol. The number of anilines is 1. The second-order valence-corrected chi connectivity index (χ2v) is 4.67. The number of piperidine rings is 1. The summed E-state index contributed by atoms with van der Waals surface area (Å²) in [5.74, 6) is 2.62. The number of fused-ring (bicyclic) bond motifs is 1. The first-order valence-electron chi connectivity index (χ1n) is 6.20. The Labute approximate surface area is 100 Å². The van der Waals surface area contributed by atoms with Crippen molar-refractivity contribution in [1.29, 1.82) is 0 Å². The molecule has 5 heteroatoms. The molecule has 0 amide bonds. The fourth-order valence-electron chi connectivity index (χ4n) is 2.42. The molecular formula is C12H17N5. The van der Waals surface area contributed by atoms with Crippen molar-refractivity contribution in [3.05, 3.63) is 17.6 Å². The van der Waals surface area contributed by atoms with E-state index in [1.54, 1.807) is 0 Å². The Kier molecular flexibility index (Phi) is 2.46. The van der Waals surface area contributed by atoms with E-state index < -0.39 is 0 Å². The molecule has 90 valence electrons. The van der Waals surface area contributed by atoms with Gasteiger partial charge in [0, 0.05) is 24.8 Å². The first-order valence-corrected chi connectivity index (χ1v) is 6.20. The van der Waals surface area contributed by atoms with Gasteiger partial charge in [-0.1, -0.05) is 0 Å². The first kappa shape index (κ1) is 10.5. The van der Waals surface area contributed by atoms with E-state index in [2.05, 4.69) is 26.0 Å². The van der Waals surface area contributed by atoms with E-state index in [4.69, 9.17) is 0 Å². The van der Waals surface area contributed by atoms with Crippen molar-refractivity contribution in [2.24, 2.45) is 0 Å². The second-order valence-electron chi connectivity index (χ2n) is 4.67. The van der Waals surface area contributed by atoms with Crippen molar-refractivity contribution in [2.75, 3.05) is 18.0 Å². The maximum atomic E-state index is 4.43. The van der Waals surface area contributed by atoms with Gasteiger partial charge in [-0.2, -0.15) is 9.50 Å². The maximum absolute atomic E-state index is 4.43. The van der Waals surface area contributed by atoms with Crippen LogP contribution in [-0.2, 0) is 0 Å². The van der Waals surface area contributed by atoms with Gasteiger partial charge in [-0.05, 0) is 33.1 Å². The molecule has 0 spiro atoms. The highest BCUT2D eigenvalue weighted by Crippen LogP contribution is 2.20. The van der Waals surface area contributed by atoms with Crippen LogP contribution in [0, 0.1) is 13.8 Å². The van der Waals surface area contributed by atoms with E-state index >= 15 is 0 Å². The Balaban J connectivity index is 2.12. The van der Waals surface area contributed by atoms with Crippen LogP contribution in [0.3, 0.4) is 0 Å². The van der Waals surface area contributed by atoms with Crippen LogP contribution < -0.4 is 4.90 Å². The number of hydrogen-bond acceptors (Lipinski definition) is 4. The Hall–Kier alpha value is -1.65. The molecule has 0 N–H and O–H groups in total. The zero-order chi connectivity index (χ0) is 11.8. The van der Waals surface area contributed by atoms with Crippen molar-refractivity contribution < 1.29 is 0 Å². The smallest absolute Gasteiger partial charge is 0.254 e. The second kappa shape index (κ2) is 3.98. The summed E-state index contributed by atoms with van der Waals surface area (Å²) in [4.78, 5) is 11.1. The third-order valence-electron chi connectivity index (χ3n) is 3.21. The van der Waals surface area contributed by atoms with Crippen LogP contribution in [-0.4, -0.2) is 32.7 Å². The van der Waals surface area contributed by atoms with Crippen LogP contribution in [0.25, 0.3) is 5.78 Å². The molecule has 3 rings (SSSR count). The molecule has 0 saturated carbocycles. The van der Waals surface area contributed by atoms with Crippen LogP contribution in [0.1, 0.15) is 30.8 Å². The van der Waals surface area contributed by atoms with Crippen molar-refractivity contribution >= 4 is 11.6 Å². The lowest BCUT2D eigenvalue weighted by atomic mass is 10.1. The monoisotopic (exact) mass is 231 g/mol. The fraction of sp³-hybridized carbons (Fsp3) is 0.583. The summed E-state index contributed by atoms with van der Waals surface area (Å²) < 4.78 is 1.87. The largest absolute Gasteiger partial charge is 0.356 e. The lowest BCUT2D eigenvalue weighted by Crippen LogP contribution is -2.31. The van der Waals surface area contributed by atoms with Gasteiger partial charge in [-0.3, -0.25) is 0 Å². The highest BCUT2D eigenvalue weighted by molar-refractivity contribution is 5.47. The van der Waals surface area contributed by atoms with Crippen molar-refractivity contribution in [3.8, 4) is 0 Å². The van der Waals surface area contributed by atoms with E-state index in [0.29, 0.717) is 5.78 Å². The lowest BCUT2D eigenvalue weighted by molar-refractivity contribution is 0.568. The number of aromatic nitrogens is 4. The number of rotatable bonds is 1. The number of aryl methyl sites for hydroxylation is 2. The Morgan fingerprint density at radius 3 is 2.59 bits per heavy atom. The molecule has 2 aromatic rings. The summed E-state index contributed by atoms with van der Waals surface area (Å²) in [5.41, 5.74) is 1.01. The van der Waals surface area contributed by atoms with Crippen molar-refractivity contribution in [3.63, 3.8) is 0 Å². The SMILES string of the molecule is Cc1cc(N2CCCCC2)n2nc(C)nc2n1. The summed E-state index contributed by atoms with van der Waals surface area (Å²) in [7, 11) is 0. The van der Waals surface area contributed by atoms with Crippen LogP contribution in [0.4, 0.5) is 5.82 Å². The van der Waals surface area contributed by atoms with Crippen LogP contribution in [0.5, 0.6) is 0 Å². The molecule has 1 aliphatic heterocycles. The van der Waals surface area contributed by atoms with Gasteiger partial charge in [0.1, 0.15) is 11.6 Å². The number of nitrogens with zero attached hydrogens (tertiary/aromatic N) is 5. The normalized spacial score (nSPS) is 16.7. The molecule has 3 heterocycles. The van der Waals surface area contributed by atoms with Gasteiger partial charge in [0.2, 0.25) is 0 Å². The standard InChI is InChI=1S/C12H17N5/c1-9-8-11(16-6-4-3-5-7-16)17-12(13-9)14-10(2)15-17/h8H,3-7H2,1-2H3. The molecule has 0 atom stereocenters. The molecule has 17 heavy (non-hydrogen) atoms. The van der Waals surface area contributed by atoms with Gasteiger partial charge in [-0.15, -0.1) is 5.10 Å². The van der Waals surface area contributed by atoms with E-state index in [9.17, 15) is 0 Å². The van der Waals surface area contributed by atoms with E-state index in [0.717, 1.165) is 30.4 Å². The third-order valence-corrected chi connectivity index (χ3v) is 3.21. The molecule has 1 saturated heterocycles. The van der Waals surface area contributed by atoms with Gasteiger partial charge < -0.3 is 4.90 Å². The van der Waals surface area contributed by atoms with Gasteiger partial charge >= 0.3 is 0 Å². The van der Waals surface area contributed by atoms with Crippen LogP contribution >= 0.6 is 0 Å². The molecule has 0 aromatic carbocycles. The summed E-state index contributed by atoms with van der Waals surface area (Å²) in [6.07, 6.45) is 3.85. The summed E-state index contributed by atoms with van der Waals surface area (Å²) in [6, 6.07) is 2.10. The zero-order valence-corrected chi connectivity index (χ0v) is 10.3. The predicted molar refractivity (Wildman–Crippen MR) is 66.3 cm³/mol. The molecule has 0 bridgehead atoms. The van der Waals surface area contributed by atoms with Gasteiger partial charge in [0.25, 0.3) is 5.78 Å². The molecule has 2 aromatic heterocycles. The third kappa shape index (κ3) is 1.85. The predicted octanol–water partition coefficient (Wildman–Crippen LogP) is 1.73. The Morgan fingerprint density at radius 1 is 1.06 bits per heavy atom. The molecule has 1 fully saturated rings. The molecule has 0 unspecified atom stereocenters. The zero-order valence-electron chi connectivity index (χ0n) is 10.3. The summed E-state index contributed by atoms with van der Waals surface area (Å²) in [6.45, 7) is 6.14. The minimum Gasteiger partial charge on any atom is -0.356 e. The Bertz CT molecular complexity index is 539. The maximum Gasteiger partial charge on any atom is 0.254 e. The van der Waals surface area contributed by atoms with Gasteiger partial charge in [-0.25, -0.2) is 4.98 Å². The molecular weight excluding hydrogens is 214 g/mol. The first-order chi connectivity index (χ1) is 8.24. The highest BCUT2D eigenvalue weighted by atomic mass is 15.4. The minimum absolute atomic E-state index is 0.711. The quantitative estimate of drug-likeness (QED) is 0.750. The van der Waals surface area contributed by atoms with Crippen LogP contribution in [0.2, 0.25) is 0 Å². The Morgan fingerprint density at radius 2 is 1.82 bits per heavy atom. The van der Waals surface area contributed by atoms with Crippen molar-refractivity contribution in [1.82, 2.24) is 19.6 Å². The lowest BCUT2D eigenvalue weighted by Gasteiger charge is -2.28. The van der Waals surface area contributed by atoms with E-state index in [1.165, 1.54) is 19.3 Å². The minimum atomic E-state index is 0.711. The topological polar surface area (TPSA) is 46.3 Å². The average Bonchev–Trinajstić information content (AvgIpc) is 2.69. The molecule has 0 aliphatic carbocycles. The molecule has 0 radical (unpaired) electrons. The van der Waals surface area contributed by atoms with Gasteiger partial charge in [0.15, 0.2) is 0 Å². The van der Waals surface area contributed by atoms with Gasteiger partial charge in [0.05, 0.1) is 0 Å². The summed E-state index contributed by atoms with van der Waals surface area (Å²) >= 11 is 0. The van der Waals surface area contributed by atoms with Crippen molar-refractivity contribution in [2.45, 2.75) is 33.1 Å². The number of hydrogen-bond donors (Lipinski definition) is 0. The van der Waals surface area contributed by atoms with Crippen LogP contribution in [0.15, 0.2) is 6.07 Å². The van der Waals surface area contributed by atoms with E-state index in [-0.39, 0.29) is 0 Å². The molecule has 5 nitrogen and oxygen atoms in total.